The predicted molar refractivity (Wildman–Crippen MR) is 77.1 cm³/mol. The van der Waals surface area contributed by atoms with E-state index in [-0.39, 0.29) is 6.04 Å². The third kappa shape index (κ3) is 2.25. The average molecular weight is 268 g/mol. The average Bonchev–Trinajstić information content (AvgIpc) is 2.84. The zero-order valence-electron chi connectivity index (χ0n) is 11.3. The lowest BCUT2D eigenvalue weighted by Crippen LogP contribution is -2.10. The zero-order valence-corrected chi connectivity index (χ0v) is 11.3. The van der Waals surface area contributed by atoms with Gasteiger partial charge in [-0.15, -0.1) is 0 Å². The number of hydrogen-bond donors (Lipinski definition) is 2. The smallest absolute Gasteiger partial charge is 0.335 e. The number of aryl methyl sites for hydroxylation is 2. The maximum Gasteiger partial charge on any atom is 0.335 e. The molecule has 1 atom stereocenters. The van der Waals surface area contributed by atoms with Gasteiger partial charge in [-0.1, -0.05) is 6.07 Å². The van der Waals surface area contributed by atoms with Crippen LogP contribution in [0.5, 0.6) is 0 Å². The van der Waals surface area contributed by atoms with Crippen LogP contribution in [-0.4, -0.2) is 16.1 Å². The molecule has 1 aliphatic carbocycles. The molecule has 1 aliphatic rings. The van der Waals surface area contributed by atoms with Crippen molar-refractivity contribution in [1.82, 2.24) is 4.98 Å². The largest absolute Gasteiger partial charge is 0.478 e. The number of nitrogens with zero attached hydrogens (tertiary/aromatic N) is 1. The molecule has 0 bridgehead atoms. The first-order chi connectivity index (χ1) is 9.65. The third-order valence-corrected chi connectivity index (χ3v) is 3.76. The number of nitrogens with one attached hydrogen (secondary N) is 1. The van der Waals surface area contributed by atoms with E-state index in [1.165, 1.54) is 5.56 Å². The minimum atomic E-state index is -0.896. The Labute approximate surface area is 117 Å². The topological polar surface area (TPSA) is 62.2 Å². The van der Waals surface area contributed by atoms with Gasteiger partial charge >= 0.3 is 5.97 Å². The van der Waals surface area contributed by atoms with Crippen molar-refractivity contribution in [3.05, 3.63) is 58.9 Å². The highest BCUT2D eigenvalue weighted by atomic mass is 16.4. The summed E-state index contributed by atoms with van der Waals surface area (Å²) in [5.41, 5.74) is 4.63. The third-order valence-electron chi connectivity index (χ3n) is 3.76. The summed E-state index contributed by atoms with van der Waals surface area (Å²) in [6.45, 7) is 1.92. The molecule has 1 unspecified atom stereocenters. The Balaban J connectivity index is 1.84. The Kier molecular flexibility index (Phi) is 3.14. The number of carboxylic acids is 1. The number of benzene rings is 1. The van der Waals surface area contributed by atoms with E-state index in [0.29, 0.717) is 5.56 Å². The number of aromatic carboxylic acids is 1. The summed E-state index contributed by atoms with van der Waals surface area (Å²) in [6, 6.07) is 9.45. The standard InChI is InChI=1S/C16H16N2O2/c1-10-9-12(16(19)20)5-6-13(10)18-14-7-4-11-3-2-8-17-15(11)14/h2-3,5-6,8-9,14,18H,4,7H2,1H3,(H,19,20). The molecule has 3 rings (SSSR count). The molecule has 0 fully saturated rings. The van der Waals surface area contributed by atoms with E-state index in [9.17, 15) is 4.79 Å². The first-order valence-electron chi connectivity index (χ1n) is 6.69. The molecule has 4 heteroatoms. The Morgan fingerprint density at radius 3 is 3.00 bits per heavy atom. The highest BCUT2D eigenvalue weighted by molar-refractivity contribution is 5.88. The van der Waals surface area contributed by atoms with Crippen molar-refractivity contribution in [2.45, 2.75) is 25.8 Å². The minimum Gasteiger partial charge on any atom is -0.478 e. The van der Waals surface area contributed by atoms with Crippen LogP contribution in [0.2, 0.25) is 0 Å². The molecule has 0 saturated carbocycles. The normalized spacial score (nSPS) is 16.8. The summed E-state index contributed by atoms with van der Waals surface area (Å²) in [5, 5.41) is 12.5. The lowest BCUT2D eigenvalue weighted by molar-refractivity contribution is 0.0697. The number of pyridine rings is 1. The van der Waals surface area contributed by atoms with Crippen LogP contribution in [0.15, 0.2) is 36.5 Å². The molecule has 0 spiro atoms. The van der Waals surface area contributed by atoms with Crippen LogP contribution >= 0.6 is 0 Å². The Morgan fingerprint density at radius 1 is 1.40 bits per heavy atom. The van der Waals surface area contributed by atoms with Gasteiger partial charge in [-0.05, 0) is 55.2 Å². The van der Waals surface area contributed by atoms with Crippen molar-refractivity contribution in [3.63, 3.8) is 0 Å². The second-order valence-electron chi connectivity index (χ2n) is 5.12. The summed E-state index contributed by atoms with van der Waals surface area (Å²) >= 11 is 0. The maximum absolute atomic E-state index is 10.9. The molecule has 2 N–H and O–H groups in total. The van der Waals surface area contributed by atoms with E-state index in [1.807, 2.05) is 25.3 Å². The molecule has 0 saturated heterocycles. The van der Waals surface area contributed by atoms with Crippen molar-refractivity contribution >= 4 is 11.7 Å². The fourth-order valence-corrected chi connectivity index (χ4v) is 2.70. The van der Waals surface area contributed by atoms with E-state index in [1.54, 1.807) is 12.1 Å². The van der Waals surface area contributed by atoms with Gasteiger partial charge in [0.15, 0.2) is 0 Å². The highest BCUT2D eigenvalue weighted by Gasteiger charge is 2.23. The number of aromatic nitrogens is 1. The Morgan fingerprint density at radius 2 is 2.25 bits per heavy atom. The number of carboxylic acid groups (broad SMARTS) is 1. The number of anilines is 1. The van der Waals surface area contributed by atoms with Gasteiger partial charge in [0, 0.05) is 11.9 Å². The van der Waals surface area contributed by atoms with Crippen LogP contribution in [0.25, 0.3) is 0 Å². The van der Waals surface area contributed by atoms with Gasteiger partial charge in [-0.25, -0.2) is 4.79 Å². The molecule has 4 nitrogen and oxygen atoms in total. The van der Waals surface area contributed by atoms with E-state index in [4.69, 9.17) is 5.11 Å². The van der Waals surface area contributed by atoms with Gasteiger partial charge in [0.05, 0.1) is 17.3 Å². The van der Waals surface area contributed by atoms with Crippen molar-refractivity contribution in [2.24, 2.45) is 0 Å². The van der Waals surface area contributed by atoms with Gasteiger partial charge in [0.1, 0.15) is 0 Å². The fraction of sp³-hybridized carbons (Fsp3) is 0.250. The second-order valence-corrected chi connectivity index (χ2v) is 5.12. The minimum absolute atomic E-state index is 0.209. The molecule has 0 aliphatic heterocycles. The van der Waals surface area contributed by atoms with Crippen molar-refractivity contribution in [2.75, 3.05) is 5.32 Å². The van der Waals surface area contributed by atoms with Crippen molar-refractivity contribution < 1.29 is 9.90 Å². The first-order valence-corrected chi connectivity index (χ1v) is 6.69. The molecule has 0 radical (unpaired) electrons. The van der Waals surface area contributed by atoms with Gasteiger partial charge in [-0.3, -0.25) is 4.98 Å². The molecular weight excluding hydrogens is 252 g/mol. The molecule has 0 amide bonds. The second kappa shape index (κ2) is 4.96. The molecule has 1 aromatic carbocycles. The number of fused-ring (bicyclic) bond motifs is 1. The summed E-state index contributed by atoms with van der Waals surface area (Å²) in [4.78, 5) is 15.4. The monoisotopic (exact) mass is 268 g/mol. The van der Waals surface area contributed by atoms with Crippen LogP contribution < -0.4 is 5.32 Å². The van der Waals surface area contributed by atoms with Crippen LogP contribution in [0.3, 0.4) is 0 Å². The van der Waals surface area contributed by atoms with E-state index >= 15 is 0 Å². The van der Waals surface area contributed by atoms with E-state index < -0.39 is 5.97 Å². The van der Waals surface area contributed by atoms with Gasteiger partial charge < -0.3 is 10.4 Å². The van der Waals surface area contributed by atoms with Gasteiger partial charge in [0.2, 0.25) is 0 Å². The van der Waals surface area contributed by atoms with E-state index in [0.717, 1.165) is 29.8 Å². The van der Waals surface area contributed by atoms with Crippen LogP contribution in [0.4, 0.5) is 5.69 Å². The number of carbonyl (C=O) groups is 1. The molecule has 1 heterocycles. The number of rotatable bonds is 3. The molecule has 20 heavy (non-hydrogen) atoms. The summed E-state index contributed by atoms with van der Waals surface area (Å²) in [5.74, 6) is -0.896. The maximum atomic E-state index is 10.9. The first kappa shape index (κ1) is 12.7. The molecular formula is C16H16N2O2. The van der Waals surface area contributed by atoms with Crippen molar-refractivity contribution in [1.29, 1.82) is 0 Å². The fourth-order valence-electron chi connectivity index (χ4n) is 2.70. The highest BCUT2D eigenvalue weighted by Crippen LogP contribution is 2.33. The summed E-state index contributed by atoms with van der Waals surface area (Å²) < 4.78 is 0. The molecule has 1 aromatic heterocycles. The molecule has 2 aromatic rings. The Hall–Kier alpha value is -2.36. The SMILES string of the molecule is Cc1cc(C(=O)O)ccc1NC1CCc2cccnc21. The summed E-state index contributed by atoms with van der Waals surface area (Å²) in [7, 11) is 0. The lowest BCUT2D eigenvalue weighted by Gasteiger charge is -2.16. The zero-order chi connectivity index (χ0) is 14.1. The van der Waals surface area contributed by atoms with E-state index in [2.05, 4.69) is 16.4 Å². The van der Waals surface area contributed by atoms with Crippen LogP contribution in [-0.2, 0) is 6.42 Å². The van der Waals surface area contributed by atoms with Crippen molar-refractivity contribution in [3.8, 4) is 0 Å². The molecule has 102 valence electrons. The lowest BCUT2D eigenvalue weighted by atomic mass is 10.1. The quantitative estimate of drug-likeness (QED) is 0.897. The Bertz CT molecular complexity index is 667. The van der Waals surface area contributed by atoms with Crippen LogP contribution in [0, 0.1) is 6.92 Å². The predicted octanol–water partition coefficient (Wildman–Crippen LogP) is 3.19. The summed E-state index contributed by atoms with van der Waals surface area (Å²) in [6.07, 6.45) is 3.87. The van der Waals surface area contributed by atoms with Gasteiger partial charge in [-0.2, -0.15) is 0 Å². The van der Waals surface area contributed by atoms with Gasteiger partial charge in [0.25, 0.3) is 0 Å². The van der Waals surface area contributed by atoms with Crippen LogP contribution in [0.1, 0.15) is 39.6 Å². The number of hydrogen-bond acceptors (Lipinski definition) is 3.